The van der Waals surface area contributed by atoms with Crippen LogP contribution in [0.15, 0.2) is 34.4 Å². The maximum atomic E-state index is 4.34. The second-order valence-corrected chi connectivity index (χ2v) is 3.64. The van der Waals surface area contributed by atoms with Crippen LogP contribution in [0.25, 0.3) is 11.3 Å². The van der Waals surface area contributed by atoms with Gasteiger partial charge in [0.25, 0.3) is 0 Å². The molecule has 1 aliphatic rings. The van der Waals surface area contributed by atoms with Gasteiger partial charge in [-0.1, -0.05) is 6.58 Å². The Bertz CT molecular complexity index is 536. The number of hydrogen-bond donors (Lipinski definition) is 0. The molecule has 3 nitrogen and oxygen atoms in total. The third kappa shape index (κ3) is 1.33. The van der Waals surface area contributed by atoms with Crippen molar-refractivity contribution in [2.75, 3.05) is 7.05 Å². The van der Waals surface area contributed by atoms with E-state index in [0.29, 0.717) is 0 Å². The van der Waals surface area contributed by atoms with E-state index in [4.69, 9.17) is 0 Å². The lowest BCUT2D eigenvalue weighted by molar-refractivity contribution is 1.22. The average molecular weight is 211 g/mol. The van der Waals surface area contributed by atoms with Gasteiger partial charge in [-0.2, -0.15) is 0 Å². The number of allylic oxidation sites excluding steroid dienone is 2. The van der Waals surface area contributed by atoms with Gasteiger partial charge in [0.15, 0.2) is 0 Å². The molecule has 0 saturated carbocycles. The van der Waals surface area contributed by atoms with Gasteiger partial charge in [-0.3, -0.25) is 15.0 Å². The Morgan fingerprint density at radius 1 is 1.44 bits per heavy atom. The number of aliphatic imine (C=N–C) groups is 2. The zero-order valence-electron chi connectivity index (χ0n) is 9.49. The summed E-state index contributed by atoms with van der Waals surface area (Å²) in [6.07, 6.45) is 3.53. The van der Waals surface area contributed by atoms with Gasteiger partial charge in [-0.15, -0.1) is 0 Å². The minimum absolute atomic E-state index is 0.773. The first kappa shape index (κ1) is 10.5. The molecule has 0 atom stereocenters. The lowest BCUT2D eigenvalue weighted by Gasteiger charge is -2.03. The molecule has 16 heavy (non-hydrogen) atoms. The first-order chi connectivity index (χ1) is 7.70. The molecule has 0 saturated heterocycles. The van der Waals surface area contributed by atoms with Crippen LogP contribution in [0, 0.1) is 6.92 Å². The Kier molecular flexibility index (Phi) is 2.52. The fourth-order valence-corrected chi connectivity index (χ4v) is 1.95. The van der Waals surface area contributed by atoms with Crippen LogP contribution in [0.5, 0.6) is 0 Å². The van der Waals surface area contributed by atoms with Crippen LogP contribution in [-0.4, -0.2) is 25.0 Å². The summed E-state index contributed by atoms with van der Waals surface area (Å²) in [6, 6.07) is 1.97. The van der Waals surface area contributed by atoms with Gasteiger partial charge in [0, 0.05) is 30.6 Å². The molecule has 1 aromatic rings. The predicted octanol–water partition coefficient (Wildman–Crippen LogP) is 2.53. The fourth-order valence-electron chi connectivity index (χ4n) is 1.95. The SMILES string of the molecule is C=NC1=C(/C=N\C)C(=C)c2c(C)ccnc21. The molecule has 0 N–H and O–H groups in total. The summed E-state index contributed by atoms with van der Waals surface area (Å²) in [6.45, 7) is 9.71. The summed E-state index contributed by atoms with van der Waals surface area (Å²) in [7, 11) is 1.73. The van der Waals surface area contributed by atoms with Crippen LogP contribution in [0.4, 0.5) is 0 Å². The van der Waals surface area contributed by atoms with E-state index in [1.807, 2.05) is 13.0 Å². The third-order valence-electron chi connectivity index (χ3n) is 2.68. The maximum Gasteiger partial charge on any atom is 0.0978 e. The zero-order valence-corrected chi connectivity index (χ0v) is 9.49. The third-order valence-corrected chi connectivity index (χ3v) is 2.68. The van der Waals surface area contributed by atoms with Gasteiger partial charge in [0.2, 0.25) is 0 Å². The van der Waals surface area contributed by atoms with Crippen molar-refractivity contribution >= 4 is 24.2 Å². The molecular formula is C13H13N3. The highest BCUT2D eigenvalue weighted by Crippen LogP contribution is 2.40. The molecule has 1 aliphatic carbocycles. The minimum atomic E-state index is 0.773. The lowest BCUT2D eigenvalue weighted by Crippen LogP contribution is -1.91. The highest BCUT2D eigenvalue weighted by Gasteiger charge is 2.25. The van der Waals surface area contributed by atoms with Crippen LogP contribution in [0.2, 0.25) is 0 Å². The van der Waals surface area contributed by atoms with Crippen LogP contribution >= 0.6 is 0 Å². The van der Waals surface area contributed by atoms with Crippen molar-refractivity contribution in [3.8, 4) is 0 Å². The predicted molar refractivity (Wildman–Crippen MR) is 68.9 cm³/mol. The molecule has 1 heterocycles. The zero-order chi connectivity index (χ0) is 11.7. The summed E-state index contributed by atoms with van der Waals surface area (Å²) in [5.74, 6) is 0. The second kappa shape index (κ2) is 3.85. The van der Waals surface area contributed by atoms with Crippen LogP contribution in [0.3, 0.4) is 0 Å². The summed E-state index contributed by atoms with van der Waals surface area (Å²) in [4.78, 5) is 12.4. The molecular weight excluding hydrogens is 198 g/mol. The Morgan fingerprint density at radius 3 is 2.81 bits per heavy atom. The number of pyridine rings is 1. The maximum absolute atomic E-state index is 4.34. The van der Waals surface area contributed by atoms with Crippen molar-refractivity contribution in [2.45, 2.75) is 6.92 Å². The van der Waals surface area contributed by atoms with E-state index in [2.05, 4.69) is 28.3 Å². The number of aryl methyl sites for hydroxylation is 1. The van der Waals surface area contributed by atoms with Crippen LogP contribution < -0.4 is 0 Å². The molecule has 0 aliphatic heterocycles. The highest BCUT2D eigenvalue weighted by atomic mass is 14.8. The fraction of sp³-hybridized carbons (Fsp3) is 0.154. The van der Waals surface area contributed by atoms with E-state index < -0.39 is 0 Å². The molecule has 3 heteroatoms. The van der Waals surface area contributed by atoms with Crippen LogP contribution in [0.1, 0.15) is 16.8 Å². The Balaban J connectivity index is 2.74. The standard InChI is InChI=1S/C13H13N3/c1-8-5-6-16-13-11(8)9(2)10(7-14-3)12(13)15-4/h5-7H,2,4H2,1,3H3/b14-7-. The van der Waals surface area contributed by atoms with Crippen molar-refractivity contribution in [1.82, 2.24) is 4.98 Å². The average Bonchev–Trinajstić information content (AvgIpc) is 2.54. The van der Waals surface area contributed by atoms with E-state index in [0.717, 1.165) is 33.7 Å². The van der Waals surface area contributed by atoms with Crippen LogP contribution in [-0.2, 0) is 0 Å². The van der Waals surface area contributed by atoms with E-state index in [1.54, 1.807) is 19.5 Å². The summed E-state index contributed by atoms with van der Waals surface area (Å²) >= 11 is 0. The molecule has 0 spiro atoms. The van der Waals surface area contributed by atoms with Crippen molar-refractivity contribution in [3.63, 3.8) is 0 Å². The summed E-state index contributed by atoms with van der Waals surface area (Å²) < 4.78 is 0. The smallest absolute Gasteiger partial charge is 0.0978 e. The number of rotatable bonds is 2. The summed E-state index contributed by atoms with van der Waals surface area (Å²) in [5, 5.41) is 0. The highest BCUT2D eigenvalue weighted by molar-refractivity contribution is 6.13. The molecule has 0 amide bonds. The molecule has 0 radical (unpaired) electrons. The molecule has 1 aromatic heterocycles. The van der Waals surface area contributed by atoms with Crippen molar-refractivity contribution in [3.05, 3.63) is 41.2 Å². The molecule has 80 valence electrons. The Morgan fingerprint density at radius 2 is 2.19 bits per heavy atom. The van der Waals surface area contributed by atoms with Gasteiger partial charge in [0.1, 0.15) is 0 Å². The molecule has 0 fully saturated rings. The van der Waals surface area contributed by atoms with E-state index in [9.17, 15) is 0 Å². The molecule has 0 unspecified atom stereocenters. The first-order valence-electron chi connectivity index (χ1n) is 4.99. The van der Waals surface area contributed by atoms with E-state index >= 15 is 0 Å². The molecule has 2 rings (SSSR count). The quantitative estimate of drug-likeness (QED) is 0.692. The van der Waals surface area contributed by atoms with Gasteiger partial charge < -0.3 is 0 Å². The molecule has 0 aromatic carbocycles. The topological polar surface area (TPSA) is 37.6 Å². The van der Waals surface area contributed by atoms with Gasteiger partial charge in [-0.25, -0.2) is 0 Å². The Hall–Kier alpha value is -2.03. The van der Waals surface area contributed by atoms with Gasteiger partial charge in [-0.05, 0) is 30.8 Å². The molecule has 0 bridgehead atoms. The number of fused-ring (bicyclic) bond motifs is 1. The number of aromatic nitrogens is 1. The number of hydrogen-bond acceptors (Lipinski definition) is 3. The monoisotopic (exact) mass is 211 g/mol. The largest absolute Gasteiger partial charge is 0.296 e. The lowest BCUT2D eigenvalue weighted by atomic mass is 10.0. The summed E-state index contributed by atoms with van der Waals surface area (Å²) in [5.41, 5.74) is 5.67. The van der Waals surface area contributed by atoms with Crippen molar-refractivity contribution < 1.29 is 0 Å². The minimum Gasteiger partial charge on any atom is -0.296 e. The number of nitrogens with zero attached hydrogens (tertiary/aromatic N) is 3. The van der Waals surface area contributed by atoms with Crippen molar-refractivity contribution in [1.29, 1.82) is 0 Å². The Labute approximate surface area is 95.0 Å². The van der Waals surface area contributed by atoms with E-state index in [-0.39, 0.29) is 0 Å². The van der Waals surface area contributed by atoms with E-state index in [1.165, 1.54) is 0 Å². The van der Waals surface area contributed by atoms with Gasteiger partial charge >= 0.3 is 0 Å². The first-order valence-corrected chi connectivity index (χ1v) is 4.99. The van der Waals surface area contributed by atoms with Crippen molar-refractivity contribution in [2.24, 2.45) is 9.98 Å². The second-order valence-electron chi connectivity index (χ2n) is 3.64. The normalized spacial score (nSPS) is 14.8. The van der Waals surface area contributed by atoms with Gasteiger partial charge in [0.05, 0.1) is 11.4 Å².